The van der Waals surface area contributed by atoms with Crippen LogP contribution in [-0.2, 0) is 11.3 Å². The van der Waals surface area contributed by atoms with Gasteiger partial charge < -0.3 is 14.3 Å². The van der Waals surface area contributed by atoms with E-state index in [2.05, 4.69) is 39.6 Å². The van der Waals surface area contributed by atoms with E-state index >= 15 is 0 Å². The third kappa shape index (κ3) is 4.64. The molecular weight excluding hydrogens is 410 g/mol. The number of thioether (sulfide) groups is 1. The quantitative estimate of drug-likeness (QED) is 0.398. The van der Waals surface area contributed by atoms with Crippen LogP contribution in [0.2, 0.25) is 0 Å². The fourth-order valence-corrected chi connectivity index (χ4v) is 4.08. The van der Waals surface area contributed by atoms with E-state index in [1.165, 1.54) is 17.3 Å². The predicted octanol–water partition coefficient (Wildman–Crippen LogP) is 5.27. The highest BCUT2D eigenvalue weighted by atomic mass is 32.2. The van der Waals surface area contributed by atoms with Crippen molar-refractivity contribution in [1.29, 1.82) is 0 Å². The van der Waals surface area contributed by atoms with Crippen molar-refractivity contribution in [2.75, 3.05) is 11.1 Å². The Morgan fingerprint density at radius 3 is 2.77 bits per heavy atom. The van der Waals surface area contributed by atoms with Crippen LogP contribution in [0.3, 0.4) is 0 Å². The molecule has 2 heterocycles. The average Bonchev–Trinajstić information content (AvgIpc) is 3.35. The number of carbonyl (C=O) groups excluding carboxylic acids is 1. The summed E-state index contributed by atoms with van der Waals surface area (Å²) in [7, 11) is 0. The molecule has 4 rings (SSSR count). The van der Waals surface area contributed by atoms with Crippen molar-refractivity contribution in [1.82, 2.24) is 19.7 Å². The maximum absolute atomic E-state index is 12.5. The molecule has 0 radical (unpaired) electrons. The number of benzene rings is 2. The maximum atomic E-state index is 12.5. The molecule has 8 heteroatoms. The number of rotatable bonds is 7. The number of aromatic nitrogens is 4. The molecule has 0 aliphatic rings. The first-order valence-corrected chi connectivity index (χ1v) is 11.3. The van der Waals surface area contributed by atoms with Gasteiger partial charge in [0.2, 0.25) is 5.91 Å². The van der Waals surface area contributed by atoms with Gasteiger partial charge in [-0.3, -0.25) is 4.79 Å². The molecule has 2 aromatic carbocycles. The molecule has 4 aromatic rings. The minimum Gasteiger partial charge on any atom is -0.440 e. The van der Waals surface area contributed by atoms with Crippen molar-refractivity contribution < 1.29 is 9.21 Å². The number of nitrogens with one attached hydrogen (secondary N) is 1. The normalized spacial score (nSPS) is 11.4. The first-order chi connectivity index (χ1) is 14.9. The van der Waals surface area contributed by atoms with Gasteiger partial charge in [0.15, 0.2) is 22.5 Å². The summed E-state index contributed by atoms with van der Waals surface area (Å²) in [5.74, 6) is 1.84. The Kier molecular flexibility index (Phi) is 6.08. The zero-order chi connectivity index (χ0) is 22.0. The van der Waals surface area contributed by atoms with Crippen LogP contribution in [-0.4, -0.2) is 31.4 Å². The van der Waals surface area contributed by atoms with Crippen LogP contribution in [0.5, 0.6) is 0 Å². The molecule has 31 heavy (non-hydrogen) atoms. The van der Waals surface area contributed by atoms with Gasteiger partial charge in [0.1, 0.15) is 5.52 Å². The lowest BCUT2D eigenvalue weighted by Crippen LogP contribution is -2.14. The summed E-state index contributed by atoms with van der Waals surface area (Å²) >= 11 is 1.37. The number of carbonyl (C=O) groups is 1. The van der Waals surface area contributed by atoms with E-state index in [0.717, 1.165) is 34.2 Å². The van der Waals surface area contributed by atoms with E-state index in [0.29, 0.717) is 11.6 Å². The van der Waals surface area contributed by atoms with Gasteiger partial charge in [0.05, 0.1) is 5.75 Å². The van der Waals surface area contributed by atoms with E-state index < -0.39 is 0 Å². The van der Waals surface area contributed by atoms with Crippen LogP contribution in [0.1, 0.15) is 38.1 Å². The van der Waals surface area contributed by atoms with E-state index in [-0.39, 0.29) is 17.6 Å². The molecular formula is C23H25N5O2S. The number of oxazole rings is 1. The van der Waals surface area contributed by atoms with Crippen LogP contribution < -0.4 is 5.32 Å². The zero-order valence-corrected chi connectivity index (χ0v) is 18.9. The molecule has 2 aromatic heterocycles. The summed E-state index contributed by atoms with van der Waals surface area (Å²) in [6.07, 6.45) is 0. The Bertz CT molecular complexity index is 1230. The molecule has 0 atom stereocenters. The van der Waals surface area contributed by atoms with Crippen LogP contribution in [0.15, 0.2) is 52.0 Å². The first-order valence-electron chi connectivity index (χ1n) is 10.3. The second kappa shape index (κ2) is 8.93. The Morgan fingerprint density at radius 2 is 2.03 bits per heavy atom. The molecule has 0 bridgehead atoms. The van der Waals surface area contributed by atoms with E-state index in [9.17, 15) is 4.79 Å². The molecule has 7 nitrogen and oxygen atoms in total. The highest BCUT2D eigenvalue weighted by Crippen LogP contribution is 2.26. The predicted molar refractivity (Wildman–Crippen MR) is 123 cm³/mol. The van der Waals surface area contributed by atoms with Crippen molar-refractivity contribution in [2.45, 2.75) is 45.3 Å². The highest BCUT2D eigenvalue weighted by molar-refractivity contribution is 7.99. The van der Waals surface area contributed by atoms with Gasteiger partial charge in [-0.25, -0.2) is 4.98 Å². The summed E-state index contributed by atoms with van der Waals surface area (Å²) in [6, 6.07) is 13.7. The minimum atomic E-state index is -0.111. The van der Waals surface area contributed by atoms with Gasteiger partial charge in [-0.05, 0) is 38.1 Å². The number of hydrogen-bond donors (Lipinski definition) is 1. The molecule has 160 valence electrons. The number of anilines is 1. The van der Waals surface area contributed by atoms with Crippen molar-refractivity contribution in [3.8, 4) is 11.4 Å². The monoisotopic (exact) mass is 435 g/mol. The fraction of sp³-hybridized carbons (Fsp3) is 0.304. The summed E-state index contributed by atoms with van der Waals surface area (Å²) < 4.78 is 7.75. The number of fused-ring (bicyclic) bond motifs is 1. The first kappa shape index (κ1) is 21.1. The number of aryl methyl sites for hydroxylation is 1. The Hall–Kier alpha value is -3.13. The fourth-order valence-electron chi connectivity index (χ4n) is 3.28. The third-order valence-electron chi connectivity index (χ3n) is 4.82. The van der Waals surface area contributed by atoms with Crippen LogP contribution in [0, 0.1) is 6.92 Å². The van der Waals surface area contributed by atoms with Crippen molar-refractivity contribution in [3.63, 3.8) is 0 Å². The van der Waals surface area contributed by atoms with Gasteiger partial charge in [-0.15, -0.1) is 10.2 Å². The van der Waals surface area contributed by atoms with Crippen molar-refractivity contribution in [3.05, 3.63) is 53.9 Å². The summed E-state index contributed by atoms with van der Waals surface area (Å²) in [5, 5.41) is 12.3. The number of nitrogens with zero attached hydrogens (tertiary/aromatic N) is 4. The van der Waals surface area contributed by atoms with Crippen molar-refractivity contribution >= 4 is 34.5 Å². The molecule has 0 spiro atoms. The van der Waals surface area contributed by atoms with E-state index in [1.807, 2.05) is 55.7 Å². The smallest absolute Gasteiger partial charge is 0.234 e. The second-order valence-corrected chi connectivity index (χ2v) is 8.59. The Labute approximate surface area is 185 Å². The van der Waals surface area contributed by atoms with Crippen LogP contribution >= 0.6 is 11.8 Å². The van der Waals surface area contributed by atoms with Crippen LogP contribution in [0.25, 0.3) is 22.5 Å². The van der Waals surface area contributed by atoms with E-state index in [4.69, 9.17) is 4.42 Å². The Balaban J connectivity index is 1.44. The highest BCUT2D eigenvalue weighted by Gasteiger charge is 2.15. The maximum Gasteiger partial charge on any atom is 0.234 e. The largest absolute Gasteiger partial charge is 0.440 e. The number of hydrogen-bond acceptors (Lipinski definition) is 6. The molecule has 0 aliphatic carbocycles. The standard InChI is InChI=1S/C23H25N5O2S/c1-5-28-21(16-8-6-7-15(4)11-16)26-27-23(28)31-13-20(29)24-17-9-10-19-18(12-17)25-22(30-19)14(2)3/h6-12,14H,5,13H2,1-4H3,(H,24,29). The lowest BCUT2D eigenvalue weighted by Gasteiger charge is -2.08. The van der Waals surface area contributed by atoms with Crippen LogP contribution in [0.4, 0.5) is 5.69 Å². The van der Waals surface area contributed by atoms with Gasteiger partial charge in [0.25, 0.3) is 0 Å². The SMILES string of the molecule is CCn1c(SCC(=O)Nc2ccc3oc(C(C)C)nc3c2)nnc1-c1cccc(C)c1. The third-order valence-corrected chi connectivity index (χ3v) is 5.79. The molecule has 0 fully saturated rings. The molecule has 1 N–H and O–H groups in total. The van der Waals surface area contributed by atoms with E-state index in [1.54, 1.807) is 0 Å². The lowest BCUT2D eigenvalue weighted by atomic mass is 10.1. The lowest BCUT2D eigenvalue weighted by molar-refractivity contribution is -0.113. The molecule has 0 saturated carbocycles. The summed E-state index contributed by atoms with van der Waals surface area (Å²) in [4.78, 5) is 17.0. The van der Waals surface area contributed by atoms with Gasteiger partial charge in [0, 0.05) is 23.7 Å². The molecule has 1 amide bonds. The summed E-state index contributed by atoms with van der Waals surface area (Å²) in [6.45, 7) is 8.89. The average molecular weight is 436 g/mol. The Morgan fingerprint density at radius 1 is 1.19 bits per heavy atom. The molecule has 0 aliphatic heterocycles. The molecule has 0 saturated heterocycles. The molecule has 0 unspecified atom stereocenters. The second-order valence-electron chi connectivity index (χ2n) is 7.65. The van der Waals surface area contributed by atoms with Gasteiger partial charge in [-0.1, -0.05) is 49.4 Å². The van der Waals surface area contributed by atoms with Crippen molar-refractivity contribution in [2.24, 2.45) is 0 Å². The topological polar surface area (TPSA) is 85.8 Å². The van der Waals surface area contributed by atoms with Gasteiger partial charge in [-0.2, -0.15) is 0 Å². The zero-order valence-electron chi connectivity index (χ0n) is 18.0. The number of amides is 1. The summed E-state index contributed by atoms with van der Waals surface area (Å²) in [5.41, 5.74) is 4.34. The van der Waals surface area contributed by atoms with Gasteiger partial charge >= 0.3 is 0 Å². The minimum absolute atomic E-state index is 0.111.